The summed E-state index contributed by atoms with van der Waals surface area (Å²) in [7, 11) is 0. The second kappa shape index (κ2) is 5.32. The molecule has 0 saturated heterocycles. The molecule has 0 bridgehead atoms. The number of anilines is 1. The van der Waals surface area contributed by atoms with Crippen molar-refractivity contribution in [3.8, 4) is 0 Å². The minimum Gasteiger partial charge on any atom is -0.351 e. The average Bonchev–Trinajstić information content (AvgIpc) is 3.18. The van der Waals surface area contributed by atoms with E-state index in [9.17, 15) is 0 Å². The van der Waals surface area contributed by atoms with Crippen molar-refractivity contribution in [2.75, 3.05) is 11.9 Å². The van der Waals surface area contributed by atoms with Gasteiger partial charge in [-0.05, 0) is 44.1 Å². The molecule has 0 amide bonds. The highest BCUT2D eigenvalue weighted by Crippen LogP contribution is 2.40. The third-order valence-electron chi connectivity index (χ3n) is 4.23. The summed E-state index contributed by atoms with van der Waals surface area (Å²) in [5.41, 5.74) is 2.84. The molecule has 3 rings (SSSR count). The van der Waals surface area contributed by atoms with Gasteiger partial charge in [0.05, 0.1) is 5.69 Å². The van der Waals surface area contributed by atoms with E-state index in [0.717, 1.165) is 25.3 Å². The van der Waals surface area contributed by atoms with Gasteiger partial charge in [0, 0.05) is 23.8 Å². The van der Waals surface area contributed by atoms with Crippen LogP contribution < -0.4 is 10.6 Å². The largest absolute Gasteiger partial charge is 0.351 e. The third-order valence-corrected chi connectivity index (χ3v) is 4.23. The quantitative estimate of drug-likeness (QED) is 0.866. The van der Waals surface area contributed by atoms with Crippen molar-refractivity contribution >= 4 is 5.95 Å². The Morgan fingerprint density at radius 2 is 2.15 bits per heavy atom. The highest BCUT2D eigenvalue weighted by atomic mass is 15.1. The van der Waals surface area contributed by atoms with E-state index in [0.29, 0.717) is 17.5 Å². The fourth-order valence-corrected chi connectivity index (χ4v) is 3.03. The van der Waals surface area contributed by atoms with Gasteiger partial charge in [-0.2, -0.15) is 0 Å². The number of hydrogen-bond acceptors (Lipinski definition) is 4. The lowest BCUT2D eigenvalue weighted by molar-refractivity contribution is 0.254. The first kappa shape index (κ1) is 13.8. The number of nitrogens with zero attached hydrogens (tertiary/aromatic N) is 2. The van der Waals surface area contributed by atoms with E-state index < -0.39 is 0 Å². The molecule has 1 aromatic heterocycles. The van der Waals surface area contributed by atoms with E-state index in [4.69, 9.17) is 4.98 Å². The van der Waals surface area contributed by atoms with E-state index in [2.05, 4.69) is 36.4 Å². The van der Waals surface area contributed by atoms with Crippen molar-refractivity contribution in [3.63, 3.8) is 0 Å². The fraction of sp³-hybridized carbons (Fsp3) is 0.750. The van der Waals surface area contributed by atoms with Crippen LogP contribution in [0.1, 0.15) is 63.8 Å². The fourth-order valence-electron chi connectivity index (χ4n) is 3.03. The van der Waals surface area contributed by atoms with Crippen LogP contribution in [0.2, 0.25) is 0 Å². The second-order valence-electron chi connectivity index (χ2n) is 7.07. The van der Waals surface area contributed by atoms with Crippen molar-refractivity contribution in [2.45, 2.75) is 65.0 Å². The molecule has 20 heavy (non-hydrogen) atoms. The van der Waals surface area contributed by atoms with Gasteiger partial charge in [0.15, 0.2) is 0 Å². The van der Waals surface area contributed by atoms with Crippen LogP contribution in [0, 0.1) is 5.41 Å². The van der Waals surface area contributed by atoms with E-state index in [1.807, 2.05) is 6.20 Å². The molecular weight excluding hydrogens is 248 g/mol. The van der Waals surface area contributed by atoms with Crippen LogP contribution in [0.4, 0.5) is 5.95 Å². The Hall–Kier alpha value is -1.16. The molecule has 1 saturated carbocycles. The standard InChI is InChI=1S/C16H26N4/c1-4-7-17-13-8-16(2,3)9-14-12(13)10-18-15(20-14)19-11-5-6-11/h10-11,13,17H,4-9H2,1-3H3,(H,18,19,20). The second-order valence-corrected chi connectivity index (χ2v) is 7.07. The van der Waals surface area contributed by atoms with E-state index in [1.54, 1.807) is 0 Å². The van der Waals surface area contributed by atoms with E-state index in [-0.39, 0.29) is 0 Å². The van der Waals surface area contributed by atoms with Gasteiger partial charge >= 0.3 is 0 Å². The predicted molar refractivity (Wildman–Crippen MR) is 81.8 cm³/mol. The lowest BCUT2D eigenvalue weighted by atomic mass is 9.74. The van der Waals surface area contributed by atoms with Crippen molar-refractivity contribution in [1.82, 2.24) is 15.3 Å². The Labute approximate surface area is 121 Å². The molecule has 1 aromatic rings. The van der Waals surface area contributed by atoms with Gasteiger partial charge in [-0.1, -0.05) is 20.8 Å². The minimum absolute atomic E-state index is 0.309. The van der Waals surface area contributed by atoms with Gasteiger partial charge in [0.1, 0.15) is 0 Å². The summed E-state index contributed by atoms with van der Waals surface area (Å²) < 4.78 is 0. The van der Waals surface area contributed by atoms with Gasteiger partial charge < -0.3 is 10.6 Å². The maximum atomic E-state index is 4.79. The highest BCUT2D eigenvalue weighted by Gasteiger charge is 2.33. The van der Waals surface area contributed by atoms with Crippen molar-refractivity contribution in [1.29, 1.82) is 0 Å². The summed E-state index contributed by atoms with van der Waals surface area (Å²) in [6.45, 7) is 7.95. The van der Waals surface area contributed by atoms with Crippen LogP contribution in [0.15, 0.2) is 6.20 Å². The maximum absolute atomic E-state index is 4.79. The van der Waals surface area contributed by atoms with Crippen LogP contribution in [-0.4, -0.2) is 22.6 Å². The summed E-state index contributed by atoms with van der Waals surface area (Å²) >= 11 is 0. The molecule has 1 heterocycles. The third kappa shape index (κ3) is 3.11. The van der Waals surface area contributed by atoms with Crippen molar-refractivity contribution < 1.29 is 0 Å². The molecule has 2 aliphatic rings. The molecular formula is C16H26N4. The zero-order chi connectivity index (χ0) is 14.2. The Kier molecular flexibility index (Phi) is 3.67. The smallest absolute Gasteiger partial charge is 0.223 e. The number of aromatic nitrogens is 2. The first-order valence-electron chi connectivity index (χ1n) is 7.93. The van der Waals surface area contributed by atoms with Crippen LogP contribution in [0.3, 0.4) is 0 Å². The summed E-state index contributed by atoms with van der Waals surface area (Å²) in [4.78, 5) is 9.30. The summed E-state index contributed by atoms with van der Waals surface area (Å²) in [6.07, 6.45) is 7.93. The lowest BCUT2D eigenvalue weighted by Gasteiger charge is -2.36. The molecule has 110 valence electrons. The van der Waals surface area contributed by atoms with Crippen LogP contribution in [0.25, 0.3) is 0 Å². The monoisotopic (exact) mass is 274 g/mol. The molecule has 4 nitrogen and oxygen atoms in total. The van der Waals surface area contributed by atoms with Crippen LogP contribution in [0.5, 0.6) is 0 Å². The summed E-state index contributed by atoms with van der Waals surface area (Å²) in [6, 6.07) is 1.02. The number of nitrogens with one attached hydrogen (secondary N) is 2. The Morgan fingerprint density at radius 3 is 2.85 bits per heavy atom. The average molecular weight is 274 g/mol. The highest BCUT2D eigenvalue weighted by molar-refractivity contribution is 5.35. The Morgan fingerprint density at radius 1 is 1.35 bits per heavy atom. The molecule has 1 fully saturated rings. The molecule has 0 aliphatic heterocycles. The molecule has 0 aromatic carbocycles. The molecule has 1 atom stereocenters. The SMILES string of the molecule is CCCNC1CC(C)(C)Cc2nc(NC3CC3)ncc21. The van der Waals surface area contributed by atoms with Gasteiger partial charge in [-0.25, -0.2) is 9.97 Å². The lowest BCUT2D eigenvalue weighted by Crippen LogP contribution is -2.34. The molecule has 1 unspecified atom stereocenters. The van der Waals surface area contributed by atoms with Gasteiger partial charge in [0.2, 0.25) is 5.95 Å². The van der Waals surface area contributed by atoms with Crippen molar-refractivity contribution in [2.24, 2.45) is 5.41 Å². The first-order valence-corrected chi connectivity index (χ1v) is 7.93. The number of fused-ring (bicyclic) bond motifs is 1. The van der Waals surface area contributed by atoms with Crippen molar-refractivity contribution in [3.05, 3.63) is 17.5 Å². The molecule has 0 spiro atoms. The first-order chi connectivity index (χ1) is 9.57. The predicted octanol–water partition coefficient (Wildman–Crippen LogP) is 3.06. The van der Waals surface area contributed by atoms with Gasteiger partial charge in [0.25, 0.3) is 0 Å². The van der Waals surface area contributed by atoms with Crippen LogP contribution in [-0.2, 0) is 6.42 Å². The molecule has 0 radical (unpaired) electrons. The normalized spacial score (nSPS) is 24.2. The van der Waals surface area contributed by atoms with E-state index >= 15 is 0 Å². The van der Waals surface area contributed by atoms with E-state index in [1.165, 1.54) is 30.5 Å². The van der Waals surface area contributed by atoms with Gasteiger partial charge in [-0.3, -0.25) is 0 Å². The van der Waals surface area contributed by atoms with Crippen LogP contribution >= 0.6 is 0 Å². The zero-order valence-corrected chi connectivity index (χ0v) is 12.9. The summed E-state index contributed by atoms with van der Waals surface area (Å²) in [5, 5.41) is 7.06. The number of rotatable bonds is 5. The molecule has 2 N–H and O–H groups in total. The minimum atomic E-state index is 0.309. The van der Waals surface area contributed by atoms with Gasteiger partial charge in [-0.15, -0.1) is 0 Å². The molecule has 4 heteroatoms. The summed E-state index contributed by atoms with van der Waals surface area (Å²) in [5.74, 6) is 0.818. The Bertz CT molecular complexity index is 479. The Balaban J connectivity index is 1.83. The maximum Gasteiger partial charge on any atom is 0.223 e. The number of hydrogen-bond donors (Lipinski definition) is 2. The molecule has 2 aliphatic carbocycles. The topological polar surface area (TPSA) is 49.8 Å². The zero-order valence-electron chi connectivity index (χ0n) is 12.9.